The summed E-state index contributed by atoms with van der Waals surface area (Å²) in [4.78, 5) is 4.51. The van der Waals surface area contributed by atoms with Gasteiger partial charge in [-0.2, -0.15) is 4.98 Å². The van der Waals surface area contributed by atoms with E-state index in [1.165, 1.54) is 0 Å². The Morgan fingerprint density at radius 1 is 1.19 bits per heavy atom. The van der Waals surface area contributed by atoms with Crippen LogP contribution in [-0.2, 0) is 6.42 Å². The summed E-state index contributed by atoms with van der Waals surface area (Å²) >= 11 is 3.42. The van der Waals surface area contributed by atoms with Gasteiger partial charge in [-0.3, -0.25) is 0 Å². The molecule has 0 fully saturated rings. The highest BCUT2D eigenvalue weighted by molar-refractivity contribution is 9.10. The van der Waals surface area contributed by atoms with E-state index in [-0.39, 0.29) is 0 Å². The minimum atomic E-state index is 0.410. The number of hydrogen-bond donors (Lipinski definition) is 1. The lowest BCUT2D eigenvalue weighted by Gasteiger charge is -2.15. The molecular weight excluding hydrogens is 330 g/mol. The molecule has 0 radical (unpaired) electrons. The van der Waals surface area contributed by atoms with E-state index >= 15 is 0 Å². The minimum Gasteiger partial charge on any atom is -0.339 e. The van der Waals surface area contributed by atoms with Gasteiger partial charge in [0.15, 0.2) is 0 Å². The fourth-order valence-electron chi connectivity index (χ4n) is 2.24. The summed E-state index contributed by atoms with van der Waals surface area (Å²) in [5.74, 6) is 1.36. The molecule has 0 aliphatic carbocycles. The number of aromatic nitrogens is 2. The third kappa shape index (κ3) is 4.93. The summed E-state index contributed by atoms with van der Waals surface area (Å²) in [5, 5.41) is 7.62. The van der Waals surface area contributed by atoms with Crippen LogP contribution in [0, 0.1) is 0 Å². The van der Waals surface area contributed by atoms with E-state index in [0.29, 0.717) is 17.8 Å². The van der Waals surface area contributed by atoms with Gasteiger partial charge in [0.1, 0.15) is 0 Å². The predicted octanol–water partition coefficient (Wildman–Crippen LogP) is 4.21. The lowest BCUT2D eigenvalue weighted by molar-refractivity contribution is 0.350. The van der Waals surface area contributed by atoms with Crippen LogP contribution in [0.5, 0.6) is 0 Å². The maximum absolute atomic E-state index is 5.39. The first-order valence-corrected chi connectivity index (χ1v) is 8.34. The van der Waals surface area contributed by atoms with Crippen LogP contribution in [-0.4, -0.2) is 22.7 Å². The molecule has 1 heterocycles. The van der Waals surface area contributed by atoms with E-state index in [4.69, 9.17) is 4.52 Å². The lowest BCUT2D eigenvalue weighted by Crippen LogP contribution is -2.31. The Morgan fingerprint density at radius 2 is 1.95 bits per heavy atom. The molecule has 114 valence electrons. The standard InChI is InChI=1S/C16H22BrN3O/c1-3-5-14(18-10-4-2)11-15-19-16(20-21-15)12-6-8-13(17)9-7-12/h6-9,14,18H,3-5,10-11H2,1-2H3. The van der Waals surface area contributed by atoms with Gasteiger partial charge in [-0.05, 0) is 43.7 Å². The van der Waals surface area contributed by atoms with Crippen LogP contribution in [0.25, 0.3) is 11.4 Å². The Morgan fingerprint density at radius 3 is 2.62 bits per heavy atom. The first-order chi connectivity index (χ1) is 10.2. The van der Waals surface area contributed by atoms with Crippen molar-refractivity contribution in [3.8, 4) is 11.4 Å². The molecule has 2 aromatic rings. The molecule has 0 saturated heterocycles. The van der Waals surface area contributed by atoms with E-state index in [9.17, 15) is 0 Å². The molecular formula is C16H22BrN3O. The van der Waals surface area contributed by atoms with Gasteiger partial charge in [-0.15, -0.1) is 0 Å². The van der Waals surface area contributed by atoms with Crippen LogP contribution in [0.3, 0.4) is 0 Å². The number of nitrogens with zero attached hydrogens (tertiary/aromatic N) is 2. The maximum Gasteiger partial charge on any atom is 0.228 e. The SMILES string of the molecule is CCCNC(CCC)Cc1nc(-c2ccc(Br)cc2)no1. The highest BCUT2D eigenvalue weighted by atomic mass is 79.9. The van der Waals surface area contributed by atoms with Gasteiger partial charge in [0, 0.05) is 22.5 Å². The Balaban J connectivity index is 2.02. The fourth-order valence-corrected chi connectivity index (χ4v) is 2.50. The summed E-state index contributed by atoms with van der Waals surface area (Å²) < 4.78 is 6.44. The Bertz CT molecular complexity index is 539. The van der Waals surface area contributed by atoms with Gasteiger partial charge < -0.3 is 9.84 Å². The molecule has 0 spiro atoms. The molecule has 0 aliphatic rings. The molecule has 1 aromatic heterocycles. The monoisotopic (exact) mass is 351 g/mol. The van der Waals surface area contributed by atoms with Crippen molar-refractivity contribution in [2.45, 2.75) is 45.6 Å². The van der Waals surface area contributed by atoms with E-state index in [1.807, 2.05) is 24.3 Å². The molecule has 5 heteroatoms. The van der Waals surface area contributed by atoms with Gasteiger partial charge in [0.05, 0.1) is 0 Å². The van der Waals surface area contributed by atoms with Crippen LogP contribution in [0.2, 0.25) is 0 Å². The Hall–Kier alpha value is -1.20. The zero-order valence-corrected chi connectivity index (χ0v) is 14.2. The van der Waals surface area contributed by atoms with E-state index in [1.54, 1.807) is 0 Å². The quantitative estimate of drug-likeness (QED) is 0.773. The molecule has 2 rings (SSSR count). The van der Waals surface area contributed by atoms with Crippen molar-refractivity contribution in [2.24, 2.45) is 0 Å². The molecule has 0 saturated carbocycles. The van der Waals surface area contributed by atoms with Crippen LogP contribution < -0.4 is 5.32 Å². The fraction of sp³-hybridized carbons (Fsp3) is 0.500. The zero-order valence-electron chi connectivity index (χ0n) is 12.6. The molecule has 0 bridgehead atoms. The number of benzene rings is 1. The Kier molecular flexibility index (Phi) is 6.39. The molecule has 1 unspecified atom stereocenters. The highest BCUT2D eigenvalue weighted by Gasteiger charge is 2.14. The van der Waals surface area contributed by atoms with Crippen LogP contribution in [0.4, 0.5) is 0 Å². The van der Waals surface area contributed by atoms with Crippen LogP contribution in [0.15, 0.2) is 33.3 Å². The second-order valence-corrected chi connectivity index (χ2v) is 6.08. The first kappa shape index (κ1) is 16.2. The molecule has 1 aromatic carbocycles. The van der Waals surface area contributed by atoms with Crippen molar-refractivity contribution in [1.82, 2.24) is 15.5 Å². The first-order valence-electron chi connectivity index (χ1n) is 7.54. The average Bonchev–Trinajstić information content (AvgIpc) is 2.94. The van der Waals surface area contributed by atoms with E-state index < -0.39 is 0 Å². The van der Waals surface area contributed by atoms with Gasteiger partial charge >= 0.3 is 0 Å². The summed E-state index contributed by atoms with van der Waals surface area (Å²) in [6.07, 6.45) is 4.19. The molecule has 4 nitrogen and oxygen atoms in total. The molecule has 0 aliphatic heterocycles. The number of nitrogens with one attached hydrogen (secondary N) is 1. The average molecular weight is 352 g/mol. The van der Waals surface area contributed by atoms with E-state index in [2.05, 4.69) is 45.2 Å². The van der Waals surface area contributed by atoms with Crippen molar-refractivity contribution >= 4 is 15.9 Å². The third-order valence-electron chi connectivity index (χ3n) is 3.31. The summed E-state index contributed by atoms with van der Waals surface area (Å²) in [5.41, 5.74) is 0.974. The molecule has 0 amide bonds. The van der Waals surface area contributed by atoms with Crippen molar-refractivity contribution in [3.05, 3.63) is 34.6 Å². The second kappa shape index (κ2) is 8.29. The largest absolute Gasteiger partial charge is 0.339 e. The zero-order chi connectivity index (χ0) is 15.1. The smallest absolute Gasteiger partial charge is 0.228 e. The van der Waals surface area contributed by atoms with Gasteiger partial charge in [-0.25, -0.2) is 0 Å². The number of hydrogen-bond acceptors (Lipinski definition) is 4. The van der Waals surface area contributed by atoms with Crippen molar-refractivity contribution in [2.75, 3.05) is 6.54 Å². The number of halogens is 1. The number of rotatable bonds is 8. The normalized spacial score (nSPS) is 12.5. The topological polar surface area (TPSA) is 51.0 Å². The van der Waals surface area contributed by atoms with Gasteiger partial charge in [-0.1, -0.05) is 41.4 Å². The van der Waals surface area contributed by atoms with Gasteiger partial charge in [0.25, 0.3) is 0 Å². The van der Waals surface area contributed by atoms with E-state index in [0.717, 1.165) is 42.3 Å². The maximum atomic E-state index is 5.39. The van der Waals surface area contributed by atoms with Crippen molar-refractivity contribution < 1.29 is 4.52 Å². The third-order valence-corrected chi connectivity index (χ3v) is 3.84. The molecule has 21 heavy (non-hydrogen) atoms. The predicted molar refractivity (Wildman–Crippen MR) is 88.1 cm³/mol. The highest BCUT2D eigenvalue weighted by Crippen LogP contribution is 2.19. The summed E-state index contributed by atoms with van der Waals surface area (Å²) in [6.45, 7) is 5.40. The van der Waals surface area contributed by atoms with Crippen LogP contribution in [0.1, 0.15) is 39.0 Å². The lowest BCUT2D eigenvalue weighted by atomic mass is 10.1. The Labute approximate surface area is 134 Å². The summed E-state index contributed by atoms with van der Waals surface area (Å²) in [7, 11) is 0. The molecule has 1 atom stereocenters. The van der Waals surface area contributed by atoms with Gasteiger partial charge in [0.2, 0.25) is 11.7 Å². The summed E-state index contributed by atoms with van der Waals surface area (Å²) in [6, 6.07) is 8.34. The van der Waals surface area contributed by atoms with Crippen molar-refractivity contribution in [3.63, 3.8) is 0 Å². The van der Waals surface area contributed by atoms with Crippen LogP contribution >= 0.6 is 15.9 Å². The van der Waals surface area contributed by atoms with Crippen molar-refractivity contribution in [1.29, 1.82) is 0 Å². The minimum absolute atomic E-state index is 0.410. The second-order valence-electron chi connectivity index (χ2n) is 5.16. The molecule has 1 N–H and O–H groups in total.